The summed E-state index contributed by atoms with van der Waals surface area (Å²) in [5.41, 5.74) is 9.43. The first-order chi connectivity index (χ1) is 28.6. The predicted octanol–water partition coefficient (Wildman–Crippen LogP) is 10.4. The van der Waals surface area contributed by atoms with E-state index in [9.17, 15) is 0 Å². The molecule has 0 spiro atoms. The van der Waals surface area contributed by atoms with Crippen LogP contribution in [-0.4, -0.2) is 34.9 Å². The Morgan fingerprint density at radius 2 is 1.09 bits per heavy atom. The highest BCUT2D eigenvalue weighted by Gasteiger charge is 2.16. The molecule has 9 aromatic rings. The molecule has 11 heteroatoms. The molecule has 0 aliphatic rings. The lowest BCUT2D eigenvalue weighted by molar-refractivity contribution is 1.03. The Morgan fingerprint density at radius 1 is 0.534 bits per heavy atom. The molecule has 0 amide bonds. The van der Waals surface area contributed by atoms with Crippen LogP contribution in [-0.2, 0) is 19.5 Å². The van der Waals surface area contributed by atoms with Gasteiger partial charge < -0.3 is 10.6 Å². The second-order valence-corrected chi connectivity index (χ2v) is 13.5. The van der Waals surface area contributed by atoms with E-state index >= 15 is 0 Å². The van der Waals surface area contributed by atoms with Crippen molar-refractivity contribution in [3.8, 4) is 39.7 Å². The number of hydrogen-bond acceptors (Lipinski definition) is 10. The average Bonchev–Trinajstić information content (AvgIpc) is 3.28. The molecule has 58 heavy (non-hydrogen) atoms. The van der Waals surface area contributed by atoms with E-state index in [1.807, 2.05) is 103 Å². The van der Waals surface area contributed by atoms with E-state index in [1.165, 1.54) is 0 Å². The number of rotatable bonds is 10. The van der Waals surface area contributed by atoms with E-state index in [0.717, 1.165) is 72.4 Å². The third-order valence-corrected chi connectivity index (χ3v) is 9.42. The highest BCUT2D eigenvalue weighted by molar-refractivity contribution is 6.29. The van der Waals surface area contributed by atoms with Gasteiger partial charge in [0.05, 0.1) is 58.8 Å². The first kappa shape index (κ1) is 37.3. The molecule has 0 radical (unpaired) electrons. The summed E-state index contributed by atoms with van der Waals surface area (Å²) in [6.07, 6.45) is 7.27. The number of pyridine rings is 3. The van der Waals surface area contributed by atoms with Crippen molar-refractivity contribution in [2.75, 3.05) is 10.6 Å². The van der Waals surface area contributed by atoms with E-state index in [0.29, 0.717) is 24.7 Å². The Hall–Kier alpha value is -7.61. The lowest BCUT2D eigenvalue weighted by atomic mass is 10.0. The van der Waals surface area contributed by atoms with E-state index in [2.05, 4.69) is 78.0 Å². The summed E-state index contributed by atoms with van der Waals surface area (Å²) in [4.78, 5) is 31.6. The van der Waals surface area contributed by atoms with Gasteiger partial charge in [-0.25, -0.2) is 19.9 Å². The van der Waals surface area contributed by atoms with Crippen LogP contribution in [0.2, 0.25) is 5.28 Å². The Balaban J connectivity index is 0.000000168. The molecule has 0 fully saturated rings. The van der Waals surface area contributed by atoms with Gasteiger partial charge in [-0.3, -0.25) is 15.0 Å². The van der Waals surface area contributed by atoms with E-state index in [4.69, 9.17) is 26.8 Å². The molecule has 0 atom stereocenters. The van der Waals surface area contributed by atoms with Gasteiger partial charge in [-0.1, -0.05) is 97.1 Å². The third kappa shape index (κ3) is 8.76. The SMILES string of the molecule is Clc1nc(NCc2ccccn2)c2c(-c3ccccc3)cccc2n1.N#CCc1cncc(-c2nc(NCc3ccccn3)c3c(-c4ccccc4)cccc3n2)c1. The van der Waals surface area contributed by atoms with Gasteiger partial charge in [0.1, 0.15) is 11.6 Å². The summed E-state index contributed by atoms with van der Waals surface area (Å²) < 4.78 is 0. The highest BCUT2D eigenvalue weighted by Crippen LogP contribution is 2.35. The minimum absolute atomic E-state index is 0.223. The number of aromatic nitrogens is 7. The Bertz CT molecular complexity index is 2840. The fraction of sp³-hybridized carbons (Fsp3) is 0.0638. The third-order valence-electron chi connectivity index (χ3n) is 9.25. The molecule has 2 N–H and O–H groups in total. The maximum Gasteiger partial charge on any atom is 0.224 e. The normalized spacial score (nSPS) is 10.7. The molecule has 0 aliphatic carbocycles. The fourth-order valence-electron chi connectivity index (χ4n) is 6.59. The van der Waals surface area contributed by atoms with Gasteiger partial charge in [-0.2, -0.15) is 5.26 Å². The fourth-order valence-corrected chi connectivity index (χ4v) is 6.77. The molecule has 4 aromatic carbocycles. The van der Waals surface area contributed by atoms with Crippen LogP contribution >= 0.6 is 11.6 Å². The summed E-state index contributed by atoms with van der Waals surface area (Å²) in [6.45, 7) is 1.09. The van der Waals surface area contributed by atoms with Gasteiger partial charge >= 0.3 is 0 Å². The number of nitrogens with one attached hydrogen (secondary N) is 2. The van der Waals surface area contributed by atoms with Crippen LogP contribution in [0.4, 0.5) is 11.6 Å². The van der Waals surface area contributed by atoms with Gasteiger partial charge in [-0.05, 0) is 81.9 Å². The molecule has 5 heterocycles. The van der Waals surface area contributed by atoms with Crippen molar-refractivity contribution in [2.24, 2.45) is 0 Å². The van der Waals surface area contributed by atoms with Crippen molar-refractivity contribution in [3.63, 3.8) is 0 Å². The average molecular weight is 775 g/mol. The highest BCUT2D eigenvalue weighted by atomic mass is 35.5. The second kappa shape index (κ2) is 17.9. The maximum atomic E-state index is 9.06. The molecule has 0 aliphatic heterocycles. The first-order valence-corrected chi connectivity index (χ1v) is 19.0. The largest absolute Gasteiger partial charge is 0.364 e. The Labute approximate surface area is 340 Å². The zero-order valence-corrected chi connectivity index (χ0v) is 31.9. The van der Waals surface area contributed by atoms with Gasteiger partial charge in [0.25, 0.3) is 0 Å². The number of anilines is 2. The smallest absolute Gasteiger partial charge is 0.224 e. The van der Waals surface area contributed by atoms with E-state index < -0.39 is 0 Å². The zero-order chi connectivity index (χ0) is 39.5. The zero-order valence-electron chi connectivity index (χ0n) is 31.2. The number of benzene rings is 4. The lowest BCUT2D eigenvalue weighted by Gasteiger charge is -2.14. The molecular weight excluding hydrogens is 740 g/mol. The van der Waals surface area contributed by atoms with Crippen molar-refractivity contribution < 1.29 is 0 Å². The van der Waals surface area contributed by atoms with Crippen LogP contribution in [0.15, 0.2) is 164 Å². The van der Waals surface area contributed by atoms with E-state index in [-0.39, 0.29) is 11.7 Å². The van der Waals surface area contributed by atoms with Crippen LogP contribution < -0.4 is 10.6 Å². The van der Waals surface area contributed by atoms with Crippen LogP contribution in [0.3, 0.4) is 0 Å². The Morgan fingerprint density at radius 3 is 1.64 bits per heavy atom. The van der Waals surface area contributed by atoms with Gasteiger partial charge in [0.15, 0.2) is 5.82 Å². The summed E-state index contributed by atoms with van der Waals surface area (Å²) >= 11 is 6.13. The molecule has 0 unspecified atom stereocenters. The number of hydrogen-bond donors (Lipinski definition) is 2. The molecular formula is C47H35ClN10. The van der Waals surface area contributed by atoms with Crippen molar-refractivity contribution >= 4 is 45.0 Å². The monoisotopic (exact) mass is 774 g/mol. The van der Waals surface area contributed by atoms with Crippen molar-refractivity contribution in [2.45, 2.75) is 19.5 Å². The van der Waals surface area contributed by atoms with Crippen LogP contribution in [0.1, 0.15) is 17.0 Å². The second-order valence-electron chi connectivity index (χ2n) is 13.1. The number of nitrogens with zero attached hydrogens (tertiary/aromatic N) is 8. The molecule has 9 rings (SSSR count). The molecule has 0 saturated carbocycles. The van der Waals surface area contributed by atoms with Crippen molar-refractivity contribution in [1.29, 1.82) is 5.26 Å². The van der Waals surface area contributed by atoms with Crippen LogP contribution in [0, 0.1) is 11.3 Å². The molecule has 280 valence electrons. The van der Waals surface area contributed by atoms with Crippen LogP contribution in [0.25, 0.3) is 55.4 Å². The number of fused-ring (bicyclic) bond motifs is 2. The Kier molecular flexibility index (Phi) is 11.5. The van der Waals surface area contributed by atoms with E-state index in [1.54, 1.807) is 24.8 Å². The minimum Gasteiger partial charge on any atom is -0.364 e. The lowest BCUT2D eigenvalue weighted by Crippen LogP contribution is -2.06. The summed E-state index contributed by atoms with van der Waals surface area (Å²) in [5, 5.41) is 18.0. The summed E-state index contributed by atoms with van der Waals surface area (Å²) in [7, 11) is 0. The van der Waals surface area contributed by atoms with Gasteiger partial charge in [-0.15, -0.1) is 0 Å². The van der Waals surface area contributed by atoms with Crippen molar-refractivity contribution in [1.82, 2.24) is 34.9 Å². The minimum atomic E-state index is 0.223. The van der Waals surface area contributed by atoms with Crippen molar-refractivity contribution in [3.05, 3.63) is 187 Å². The van der Waals surface area contributed by atoms with Gasteiger partial charge in [0, 0.05) is 30.4 Å². The molecule has 10 nitrogen and oxygen atoms in total. The van der Waals surface area contributed by atoms with Crippen LogP contribution in [0.5, 0.6) is 0 Å². The maximum absolute atomic E-state index is 9.06. The quantitative estimate of drug-likeness (QED) is 0.129. The number of halogens is 1. The first-order valence-electron chi connectivity index (χ1n) is 18.6. The summed E-state index contributed by atoms with van der Waals surface area (Å²) in [5.74, 6) is 1.99. The predicted molar refractivity (Wildman–Crippen MR) is 231 cm³/mol. The molecule has 5 aromatic heterocycles. The molecule has 0 saturated heterocycles. The number of nitriles is 1. The summed E-state index contributed by atoms with van der Waals surface area (Å²) in [6, 6.07) is 48.3. The topological polar surface area (TPSA) is 138 Å². The van der Waals surface area contributed by atoms with Gasteiger partial charge in [0.2, 0.25) is 5.28 Å². The standard InChI is InChI=1S/C27H20N6.C20H15ClN4/c28-13-12-19-15-21(17-29-16-19)26-32-24-11-6-10-23(20-7-2-1-3-8-20)25(24)27(33-26)31-18-22-9-4-5-14-30-22;21-20-24-17-11-6-10-16(14-7-2-1-3-8-14)18(17)19(25-20)23-13-15-9-4-5-12-22-15/h1-11,14-17H,12,18H2,(H,31,32,33);1-12H,13H2,(H,23,24,25). The molecule has 0 bridgehead atoms.